The normalized spacial score (nSPS) is 19.4. The molecule has 4 rings (SSSR count). The minimum atomic E-state index is -1.28. The number of carboxylic acids is 1. The van der Waals surface area contributed by atoms with E-state index in [1.54, 1.807) is 0 Å². The largest absolute Gasteiger partial charge is 0.477 e. The van der Waals surface area contributed by atoms with Gasteiger partial charge >= 0.3 is 5.97 Å². The molecule has 0 amide bonds. The highest BCUT2D eigenvalue weighted by Gasteiger charge is 2.32. The summed E-state index contributed by atoms with van der Waals surface area (Å²) in [6.45, 7) is 3.81. The molecule has 0 aromatic carbocycles. The first-order valence-electron chi connectivity index (χ1n) is 8.99. The molecule has 0 spiro atoms. The molecule has 1 saturated heterocycles. The Kier molecular flexibility index (Phi) is 5.18. The third-order valence-corrected chi connectivity index (χ3v) is 5.63. The number of pyridine rings is 2. The van der Waals surface area contributed by atoms with Crippen LogP contribution in [0.2, 0.25) is 0 Å². The van der Waals surface area contributed by atoms with Crippen molar-refractivity contribution in [3.8, 4) is 0 Å². The van der Waals surface area contributed by atoms with E-state index in [0.29, 0.717) is 35.8 Å². The van der Waals surface area contributed by atoms with Gasteiger partial charge in [-0.1, -0.05) is 0 Å². The van der Waals surface area contributed by atoms with Crippen LogP contribution in [0.15, 0.2) is 17.1 Å². The maximum atomic E-state index is 14.9. The number of fused-ring (bicyclic) bond motifs is 1. The number of aromatic nitrogens is 1. The number of aryl methyl sites for hydroxylation is 1. The molecule has 1 saturated carbocycles. The summed E-state index contributed by atoms with van der Waals surface area (Å²) in [4.78, 5) is 26.0. The van der Waals surface area contributed by atoms with Gasteiger partial charge < -0.3 is 15.7 Å². The average molecular weight is 396 g/mol. The topological polar surface area (TPSA) is 88.0 Å². The van der Waals surface area contributed by atoms with Crippen LogP contribution < -0.4 is 16.2 Å². The average Bonchev–Trinajstić information content (AvgIpc) is 3.33. The number of carbonyl (C=O) groups is 1. The van der Waals surface area contributed by atoms with E-state index in [9.17, 15) is 19.1 Å². The van der Waals surface area contributed by atoms with E-state index in [1.807, 2.05) is 11.8 Å². The van der Waals surface area contributed by atoms with E-state index in [4.69, 9.17) is 5.73 Å². The summed E-state index contributed by atoms with van der Waals surface area (Å²) in [5.41, 5.74) is 7.44. The first-order valence-corrected chi connectivity index (χ1v) is 8.99. The molecule has 146 valence electrons. The van der Waals surface area contributed by atoms with Crippen molar-refractivity contribution >= 4 is 29.6 Å². The Morgan fingerprint density at radius 1 is 1.37 bits per heavy atom. The number of aromatic carboxylic acids is 1. The van der Waals surface area contributed by atoms with Gasteiger partial charge in [0.15, 0.2) is 5.82 Å². The standard InChI is InChI=1S/C19H22FN3O3.ClH/c1-10-16-13(12-2-3-12)6-14(19(25)26)18(24)23(16)9-15(20)17(10)22-5-4-11(7-21)8-22;/h6,9,11-12H,2-5,7-8,21H2,1H3,(H,25,26);1H. The molecular weight excluding hydrogens is 373 g/mol. The van der Waals surface area contributed by atoms with Crippen molar-refractivity contribution in [1.29, 1.82) is 0 Å². The lowest BCUT2D eigenvalue weighted by Crippen LogP contribution is -2.27. The lowest BCUT2D eigenvalue weighted by Gasteiger charge is -2.24. The molecule has 3 heterocycles. The third kappa shape index (κ3) is 3.19. The van der Waals surface area contributed by atoms with Gasteiger partial charge in [0, 0.05) is 13.1 Å². The molecule has 2 fully saturated rings. The molecule has 8 heteroatoms. The molecule has 27 heavy (non-hydrogen) atoms. The van der Waals surface area contributed by atoms with Crippen molar-refractivity contribution in [3.05, 3.63) is 45.1 Å². The second-order valence-corrected chi connectivity index (χ2v) is 7.40. The van der Waals surface area contributed by atoms with Crippen molar-refractivity contribution in [2.75, 3.05) is 24.5 Å². The second-order valence-electron chi connectivity index (χ2n) is 7.40. The number of rotatable bonds is 4. The Labute approximate surface area is 162 Å². The van der Waals surface area contributed by atoms with E-state index < -0.39 is 17.3 Å². The maximum absolute atomic E-state index is 14.9. The lowest BCUT2D eigenvalue weighted by molar-refractivity contribution is 0.0694. The molecule has 1 unspecified atom stereocenters. The highest BCUT2D eigenvalue weighted by molar-refractivity contribution is 5.89. The first-order chi connectivity index (χ1) is 12.4. The summed E-state index contributed by atoms with van der Waals surface area (Å²) in [7, 11) is 0. The quantitative estimate of drug-likeness (QED) is 0.830. The molecule has 0 radical (unpaired) electrons. The molecular formula is C19H23ClFN3O3. The number of nitrogens with two attached hydrogens (primary N) is 1. The molecule has 3 N–H and O–H groups in total. The number of nitrogens with zero attached hydrogens (tertiary/aromatic N) is 2. The van der Waals surface area contributed by atoms with Crippen molar-refractivity contribution in [2.45, 2.75) is 32.1 Å². The monoisotopic (exact) mass is 395 g/mol. The molecule has 1 aliphatic heterocycles. The van der Waals surface area contributed by atoms with Crippen LogP contribution in [0.1, 0.15) is 46.7 Å². The van der Waals surface area contributed by atoms with Gasteiger partial charge in [0.2, 0.25) is 0 Å². The Hall–Kier alpha value is -2.12. The predicted molar refractivity (Wildman–Crippen MR) is 104 cm³/mol. The van der Waals surface area contributed by atoms with Crippen LogP contribution in [0, 0.1) is 18.7 Å². The fourth-order valence-corrected chi connectivity index (χ4v) is 4.12. The van der Waals surface area contributed by atoms with E-state index in [-0.39, 0.29) is 23.9 Å². The number of hydrogen-bond acceptors (Lipinski definition) is 4. The number of carboxylic acid groups (broad SMARTS) is 1. The van der Waals surface area contributed by atoms with E-state index in [0.717, 1.165) is 37.6 Å². The van der Waals surface area contributed by atoms with Crippen LogP contribution in [0.3, 0.4) is 0 Å². The summed E-state index contributed by atoms with van der Waals surface area (Å²) in [5.74, 6) is -1.21. The van der Waals surface area contributed by atoms with E-state index >= 15 is 0 Å². The SMILES string of the molecule is Cc1c(N2CCC(CN)C2)c(F)cn2c(=O)c(C(=O)O)cc(C3CC3)c12.Cl. The number of halogens is 2. The first kappa shape index (κ1) is 19.6. The smallest absolute Gasteiger partial charge is 0.341 e. The highest BCUT2D eigenvalue weighted by atomic mass is 35.5. The highest BCUT2D eigenvalue weighted by Crippen LogP contribution is 2.44. The second kappa shape index (κ2) is 7.13. The summed E-state index contributed by atoms with van der Waals surface area (Å²) < 4.78 is 16.1. The van der Waals surface area contributed by atoms with E-state index in [1.165, 1.54) is 10.5 Å². The number of anilines is 1. The van der Waals surface area contributed by atoms with Gasteiger partial charge in [-0.15, -0.1) is 12.4 Å². The van der Waals surface area contributed by atoms with E-state index in [2.05, 4.69) is 0 Å². The van der Waals surface area contributed by atoms with Gasteiger partial charge in [-0.25, -0.2) is 9.18 Å². The summed E-state index contributed by atoms with van der Waals surface area (Å²) >= 11 is 0. The molecule has 2 aromatic heterocycles. The predicted octanol–water partition coefficient (Wildman–Crippen LogP) is 2.53. The summed E-state index contributed by atoms with van der Waals surface area (Å²) in [6.07, 6.45) is 3.98. The Morgan fingerprint density at radius 2 is 2.07 bits per heavy atom. The van der Waals surface area contributed by atoms with Crippen LogP contribution in [0.5, 0.6) is 0 Å². The molecule has 2 aliphatic rings. The van der Waals surface area contributed by atoms with Gasteiger partial charge in [-0.3, -0.25) is 9.20 Å². The summed E-state index contributed by atoms with van der Waals surface area (Å²) in [6, 6.07) is 1.49. The van der Waals surface area contributed by atoms with Crippen molar-refractivity contribution in [3.63, 3.8) is 0 Å². The van der Waals surface area contributed by atoms with Crippen LogP contribution in [-0.2, 0) is 0 Å². The zero-order valence-electron chi connectivity index (χ0n) is 15.1. The molecule has 0 bridgehead atoms. The molecule has 2 aromatic rings. The van der Waals surface area contributed by atoms with Crippen LogP contribution in [0.4, 0.5) is 10.1 Å². The Balaban J connectivity index is 0.00000210. The zero-order chi connectivity index (χ0) is 18.6. The Bertz CT molecular complexity index is 971. The minimum absolute atomic E-state index is 0. The van der Waals surface area contributed by atoms with Crippen LogP contribution >= 0.6 is 12.4 Å². The third-order valence-electron chi connectivity index (χ3n) is 5.63. The molecule has 1 aliphatic carbocycles. The van der Waals surface area contributed by atoms with Gasteiger partial charge in [0.1, 0.15) is 5.56 Å². The molecule has 1 atom stereocenters. The van der Waals surface area contributed by atoms with Gasteiger partial charge in [0.25, 0.3) is 5.56 Å². The maximum Gasteiger partial charge on any atom is 0.341 e. The molecule has 6 nitrogen and oxygen atoms in total. The number of hydrogen-bond donors (Lipinski definition) is 2. The minimum Gasteiger partial charge on any atom is -0.477 e. The fraction of sp³-hybridized carbons (Fsp3) is 0.474. The zero-order valence-corrected chi connectivity index (χ0v) is 15.9. The lowest BCUT2D eigenvalue weighted by atomic mass is 10.0. The Morgan fingerprint density at radius 3 is 2.63 bits per heavy atom. The van der Waals surface area contributed by atoms with Crippen LogP contribution in [0.25, 0.3) is 5.52 Å². The van der Waals surface area contributed by atoms with Crippen LogP contribution in [-0.4, -0.2) is 35.1 Å². The van der Waals surface area contributed by atoms with Gasteiger partial charge in [-0.2, -0.15) is 0 Å². The van der Waals surface area contributed by atoms with Crippen molar-refractivity contribution < 1.29 is 14.3 Å². The summed E-state index contributed by atoms with van der Waals surface area (Å²) in [5, 5.41) is 9.35. The van der Waals surface area contributed by atoms with Gasteiger partial charge in [0.05, 0.1) is 17.4 Å². The van der Waals surface area contributed by atoms with Gasteiger partial charge in [-0.05, 0) is 61.8 Å². The fourth-order valence-electron chi connectivity index (χ4n) is 4.12. The van der Waals surface area contributed by atoms with Crippen molar-refractivity contribution in [1.82, 2.24) is 4.40 Å². The van der Waals surface area contributed by atoms with Crippen molar-refractivity contribution in [2.24, 2.45) is 11.7 Å².